The molecule has 1 aromatic rings. The third-order valence-electron chi connectivity index (χ3n) is 3.21. The van der Waals surface area contributed by atoms with E-state index in [-0.39, 0.29) is 30.3 Å². The zero-order chi connectivity index (χ0) is 17.9. The van der Waals surface area contributed by atoms with Crippen molar-refractivity contribution in [1.82, 2.24) is 16.0 Å². The Morgan fingerprint density at radius 3 is 2.52 bits per heavy atom. The van der Waals surface area contributed by atoms with Gasteiger partial charge in [0, 0.05) is 45.3 Å². The second-order valence-corrected chi connectivity index (χ2v) is 5.22. The maximum atomic E-state index is 13.9. The van der Waals surface area contributed by atoms with Crippen LogP contribution in [0.25, 0.3) is 0 Å². The van der Waals surface area contributed by atoms with Gasteiger partial charge in [-0.3, -0.25) is 9.59 Å². The predicted molar refractivity (Wildman–Crippen MR) is 92.5 cm³/mol. The van der Waals surface area contributed by atoms with Crippen LogP contribution in [0.3, 0.4) is 0 Å². The Hall–Kier alpha value is -1.77. The van der Waals surface area contributed by atoms with Gasteiger partial charge >= 0.3 is 0 Å². The van der Waals surface area contributed by atoms with Crippen LogP contribution in [-0.2, 0) is 14.3 Å². The van der Waals surface area contributed by atoms with Crippen LogP contribution in [0.5, 0.6) is 0 Å². The number of nitrogens with one attached hydrogen (secondary N) is 3. The highest BCUT2D eigenvalue weighted by molar-refractivity contribution is 5.85. The molecule has 3 N–H and O–H groups in total. The van der Waals surface area contributed by atoms with Crippen molar-refractivity contribution in [3.8, 4) is 0 Å². The summed E-state index contributed by atoms with van der Waals surface area (Å²) in [7, 11) is 1.60. The minimum atomic E-state index is -0.857. The van der Waals surface area contributed by atoms with Gasteiger partial charge in [-0.25, -0.2) is 8.78 Å². The first kappa shape index (κ1) is 23.2. The van der Waals surface area contributed by atoms with E-state index in [1.54, 1.807) is 7.11 Å². The Morgan fingerprint density at radius 2 is 1.92 bits per heavy atom. The lowest BCUT2D eigenvalue weighted by Gasteiger charge is -2.19. The molecule has 9 heteroatoms. The lowest BCUT2D eigenvalue weighted by molar-refractivity contribution is -0.122. The molecule has 0 aliphatic carbocycles. The summed E-state index contributed by atoms with van der Waals surface area (Å²) in [6.45, 7) is 3.46. The first-order valence-corrected chi connectivity index (χ1v) is 7.62. The molecule has 0 aromatic heterocycles. The molecule has 1 unspecified atom stereocenters. The van der Waals surface area contributed by atoms with Crippen molar-refractivity contribution < 1.29 is 23.1 Å². The molecule has 0 bridgehead atoms. The number of carbonyl (C=O) groups excluding carboxylic acids is 2. The molecule has 6 nitrogen and oxygen atoms in total. The van der Waals surface area contributed by atoms with Crippen LogP contribution in [0.15, 0.2) is 18.2 Å². The molecule has 0 fully saturated rings. The summed E-state index contributed by atoms with van der Waals surface area (Å²) in [5.41, 5.74) is 0.0694. The Morgan fingerprint density at radius 1 is 1.20 bits per heavy atom. The maximum absolute atomic E-state index is 13.9. The summed E-state index contributed by atoms with van der Waals surface area (Å²) in [6.07, 6.45) is -0.139. The molecule has 0 aliphatic heterocycles. The van der Waals surface area contributed by atoms with E-state index in [0.717, 1.165) is 12.1 Å². The van der Waals surface area contributed by atoms with Crippen molar-refractivity contribution in [2.45, 2.75) is 19.4 Å². The van der Waals surface area contributed by atoms with Crippen LogP contribution in [0.1, 0.15) is 24.9 Å². The summed E-state index contributed by atoms with van der Waals surface area (Å²) in [5, 5.41) is 8.25. The lowest BCUT2D eigenvalue weighted by atomic mass is 10.0. The minimum Gasteiger partial charge on any atom is -0.383 e. The summed E-state index contributed by atoms with van der Waals surface area (Å²) >= 11 is 0. The van der Waals surface area contributed by atoms with Crippen molar-refractivity contribution in [1.29, 1.82) is 0 Å². The fraction of sp³-hybridized carbons (Fsp3) is 0.500. The summed E-state index contributed by atoms with van der Waals surface area (Å²) in [6, 6.07) is 2.18. The molecule has 25 heavy (non-hydrogen) atoms. The van der Waals surface area contributed by atoms with Crippen molar-refractivity contribution in [2.75, 3.05) is 33.4 Å². The highest BCUT2D eigenvalue weighted by Gasteiger charge is 2.20. The van der Waals surface area contributed by atoms with Crippen LogP contribution in [0, 0.1) is 11.6 Å². The van der Waals surface area contributed by atoms with Gasteiger partial charge in [-0.1, -0.05) is 6.07 Å². The SMILES string of the molecule is COCCNCCNC(=O)CC(NC(C)=O)c1ccc(F)cc1F.Cl. The van der Waals surface area contributed by atoms with E-state index in [1.807, 2.05) is 0 Å². The van der Waals surface area contributed by atoms with Crippen LogP contribution < -0.4 is 16.0 Å². The summed E-state index contributed by atoms with van der Waals surface area (Å²) in [4.78, 5) is 23.3. The van der Waals surface area contributed by atoms with Crippen LogP contribution in [0.4, 0.5) is 8.78 Å². The molecule has 142 valence electrons. The van der Waals surface area contributed by atoms with E-state index < -0.39 is 23.6 Å². The number of hydrogen-bond acceptors (Lipinski definition) is 4. The smallest absolute Gasteiger partial charge is 0.222 e. The van der Waals surface area contributed by atoms with Crippen LogP contribution in [-0.4, -0.2) is 45.2 Å². The van der Waals surface area contributed by atoms with Gasteiger partial charge in [0.25, 0.3) is 0 Å². The molecule has 0 saturated heterocycles. The first-order chi connectivity index (χ1) is 11.4. The third-order valence-corrected chi connectivity index (χ3v) is 3.21. The molecule has 0 heterocycles. The van der Waals surface area contributed by atoms with E-state index in [9.17, 15) is 18.4 Å². The monoisotopic (exact) mass is 379 g/mol. The largest absolute Gasteiger partial charge is 0.383 e. The number of ether oxygens (including phenoxy) is 1. The second kappa shape index (κ2) is 12.6. The molecule has 1 atom stereocenters. The highest BCUT2D eigenvalue weighted by atomic mass is 35.5. The van der Waals surface area contributed by atoms with Gasteiger partial charge in [0.05, 0.1) is 19.1 Å². The van der Waals surface area contributed by atoms with Crippen molar-refractivity contribution >= 4 is 24.2 Å². The van der Waals surface area contributed by atoms with Gasteiger partial charge in [-0.2, -0.15) is 0 Å². The molecule has 2 amide bonds. The zero-order valence-electron chi connectivity index (χ0n) is 14.2. The van der Waals surface area contributed by atoms with E-state index in [1.165, 1.54) is 13.0 Å². The van der Waals surface area contributed by atoms with Crippen molar-refractivity contribution in [3.05, 3.63) is 35.4 Å². The van der Waals surface area contributed by atoms with E-state index in [2.05, 4.69) is 16.0 Å². The maximum Gasteiger partial charge on any atom is 0.222 e. The second-order valence-electron chi connectivity index (χ2n) is 5.22. The average molecular weight is 380 g/mol. The number of benzene rings is 1. The van der Waals surface area contributed by atoms with Gasteiger partial charge in [-0.15, -0.1) is 12.4 Å². The number of carbonyl (C=O) groups is 2. The number of methoxy groups -OCH3 is 1. The Labute approximate surface area is 152 Å². The Kier molecular flexibility index (Phi) is 11.7. The number of rotatable bonds is 10. The first-order valence-electron chi connectivity index (χ1n) is 7.62. The standard InChI is InChI=1S/C16H23F2N3O3.ClH/c1-11(22)21-15(13-4-3-12(17)9-14(13)18)10-16(23)20-6-5-19-7-8-24-2;/h3-4,9,15,19H,5-8,10H2,1-2H3,(H,20,23)(H,21,22);1H. The normalized spacial score (nSPS) is 11.4. The fourth-order valence-corrected chi connectivity index (χ4v) is 2.12. The molecule has 0 radical (unpaired) electrons. The topological polar surface area (TPSA) is 79.5 Å². The van der Waals surface area contributed by atoms with Gasteiger partial charge in [0.2, 0.25) is 11.8 Å². The van der Waals surface area contributed by atoms with Crippen molar-refractivity contribution in [2.24, 2.45) is 0 Å². The molecular formula is C16H24ClF2N3O3. The Bertz CT molecular complexity index is 561. The highest BCUT2D eigenvalue weighted by Crippen LogP contribution is 2.21. The fourth-order valence-electron chi connectivity index (χ4n) is 2.12. The number of amides is 2. The summed E-state index contributed by atoms with van der Waals surface area (Å²) < 4.78 is 31.8. The molecular weight excluding hydrogens is 356 g/mol. The average Bonchev–Trinajstić information content (AvgIpc) is 2.49. The van der Waals surface area contributed by atoms with Crippen LogP contribution >= 0.6 is 12.4 Å². The number of halogens is 3. The molecule has 0 spiro atoms. The van der Waals surface area contributed by atoms with Gasteiger partial charge < -0.3 is 20.7 Å². The zero-order valence-corrected chi connectivity index (χ0v) is 15.1. The van der Waals surface area contributed by atoms with Gasteiger partial charge in [0.15, 0.2) is 0 Å². The molecule has 0 saturated carbocycles. The van der Waals surface area contributed by atoms with E-state index in [0.29, 0.717) is 26.2 Å². The minimum absolute atomic E-state index is 0. The van der Waals surface area contributed by atoms with Crippen LogP contribution in [0.2, 0.25) is 0 Å². The van der Waals surface area contributed by atoms with Gasteiger partial charge in [-0.05, 0) is 6.07 Å². The molecule has 1 rings (SSSR count). The summed E-state index contributed by atoms with van der Waals surface area (Å²) in [5.74, 6) is -2.27. The number of hydrogen-bond donors (Lipinski definition) is 3. The van der Waals surface area contributed by atoms with E-state index >= 15 is 0 Å². The lowest BCUT2D eigenvalue weighted by Crippen LogP contribution is -2.36. The quantitative estimate of drug-likeness (QED) is 0.535. The molecule has 0 aliphatic rings. The predicted octanol–water partition coefficient (Wildman–Crippen LogP) is 1.31. The Balaban J connectivity index is 0.00000576. The van der Waals surface area contributed by atoms with Gasteiger partial charge in [0.1, 0.15) is 11.6 Å². The third kappa shape index (κ3) is 9.33. The van der Waals surface area contributed by atoms with E-state index in [4.69, 9.17) is 4.74 Å². The molecule has 1 aromatic carbocycles. The van der Waals surface area contributed by atoms with Crippen molar-refractivity contribution in [3.63, 3.8) is 0 Å².